The predicted octanol–water partition coefficient (Wildman–Crippen LogP) is 2.66. The van der Waals surface area contributed by atoms with Gasteiger partial charge in [0.25, 0.3) is 0 Å². The van der Waals surface area contributed by atoms with E-state index in [1.807, 2.05) is 13.8 Å². The van der Waals surface area contributed by atoms with Gasteiger partial charge in [-0.1, -0.05) is 6.07 Å². The van der Waals surface area contributed by atoms with E-state index in [0.29, 0.717) is 11.3 Å². The molecule has 3 atom stereocenters. The second kappa shape index (κ2) is 5.67. The summed E-state index contributed by atoms with van der Waals surface area (Å²) < 4.78 is 24.6. The summed E-state index contributed by atoms with van der Waals surface area (Å²) >= 11 is 0. The molecule has 1 aliphatic heterocycles. The van der Waals surface area contributed by atoms with Crippen molar-refractivity contribution < 1.29 is 13.9 Å². The first kappa shape index (κ1) is 13.3. The van der Waals surface area contributed by atoms with Crippen LogP contribution >= 0.6 is 0 Å². The van der Waals surface area contributed by atoms with Crippen LogP contribution in [-0.2, 0) is 4.74 Å². The number of benzene rings is 1. The molecule has 0 aliphatic carbocycles. The van der Waals surface area contributed by atoms with Gasteiger partial charge in [-0.15, -0.1) is 0 Å². The Hall–Kier alpha value is -1.13. The zero-order chi connectivity index (χ0) is 13.1. The Morgan fingerprint density at radius 3 is 2.89 bits per heavy atom. The van der Waals surface area contributed by atoms with Crippen molar-refractivity contribution >= 4 is 0 Å². The van der Waals surface area contributed by atoms with E-state index in [1.54, 1.807) is 19.2 Å². The molecule has 1 aromatic carbocycles. The molecule has 3 nitrogen and oxygen atoms in total. The van der Waals surface area contributed by atoms with Crippen LogP contribution in [0, 0.1) is 5.82 Å². The lowest BCUT2D eigenvalue weighted by Gasteiger charge is -2.23. The van der Waals surface area contributed by atoms with Crippen LogP contribution in [0.1, 0.15) is 31.9 Å². The van der Waals surface area contributed by atoms with Crippen molar-refractivity contribution in [3.8, 4) is 5.75 Å². The van der Waals surface area contributed by atoms with Crippen LogP contribution in [0.5, 0.6) is 5.75 Å². The van der Waals surface area contributed by atoms with Crippen LogP contribution in [0.25, 0.3) is 0 Å². The lowest BCUT2D eigenvalue weighted by atomic mass is 10.0. The van der Waals surface area contributed by atoms with Crippen LogP contribution in [0.15, 0.2) is 18.2 Å². The maximum absolute atomic E-state index is 13.9. The Bertz CT molecular complexity index is 411. The van der Waals surface area contributed by atoms with Crippen LogP contribution in [0.4, 0.5) is 4.39 Å². The molecule has 3 unspecified atom stereocenters. The van der Waals surface area contributed by atoms with E-state index in [4.69, 9.17) is 9.47 Å². The molecule has 18 heavy (non-hydrogen) atoms. The van der Waals surface area contributed by atoms with E-state index >= 15 is 0 Å². The van der Waals surface area contributed by atoms with E-state index in [2.05, 4.69) is 5.32 Å². The second-order valence-electron chi connectivity index (χ2n) is 4.72. The van der Waals surface area contributed by atoms with Gasteiger partial charge in [0.2, 0.25) is 0 Å². The molecule has 1 saturated heterocycles. The molecular formula is C14H20FNO2. The molecule has 0 spiro atoms. The first-order valence-electron chi connectivity index (χ1n) is 6.33. The molecule has 1 aliphatic rings. The topological polar surface area (TPSA) is 30.5 Å². The van der Waals surface area contributed by atoms with E-state index in [9.17, 15) is 4.39 Å². The van der Waals surface area contributed by atoms with Crippen molar-refractivity contribution in [2.75, 3.05) is 13.7 Å². The van der Waals surface area contributed by atoms with E-state index in [-0.39, 0.29) is 24.0 Å². The zero-order valence-electron chi connectivity index (χ0n) is 11.1. The number of hydrogen-bond donors (Lipinski definition) is 1. The number of rotatable bonds is 4. The Labute approximate surface area is 107 Å². The average molecular weight is 253 g/mol. The predicted molar refractivity (Wildman–Crippen MR) is 68.3 cm³/mol. The van der Waals surface area contributed by atoms with Crippen LogP contribution < -0.4 is 10.1 Å². The van der Waals surface area contributed by atoms with E-state index in [0.717, 1.165) is 13.0 Å². The molecule has 4 heteroatoms. The third-order valence-electron chi connectivity index (χ3n) is 3.51. The molecule has 1 aromatic rings. The molecule has 2 rings (SSSR count). The Kier molecular flexibility index (Phi) is 4.19. The van der Waals surface area contributed by atoms with Crippen LogP contribution in [-0.4, -0.2) is 25.9 Å². The average Bonchev–Trinajstić information content (AvgIpc) is 2.74. The van der Waals surface area contributed by atoms with Gasteiger partial charge in [0.05, 0.1) is 13.2 Å². The maximum atomic E-state index is 13.9. The summed E-state index contributed by atoms with van der Waals surface area (Å²) in [5, 5.41) is 3.42. The smallest absolute Gasteiger partial charge is 0.131 e. The third-order valence-corrected chi connectivity index (χ3v) is 3.51. The van der Waals surface area contributed by atoms with Crippen molar-refractivity contribution in [3.63, 3.8) is 0 Å². The van der Waals surface area contributed by atoms with Gasteiger partial charge in [0, 0.05) is 24.3 Å². The van der Waals surface area contributed by atoms with Crippen molar-refractivity contribution in [3.05, 3.63) is 29.6 Å². The molecule has 1 heterocycles. The normalized spacial score (nSPS) is 25.1. The van der Waals surface area contributed by atoms with Crippen LogP contribution in [0.3, 0.4) is 0 Å². The number of halogens is 1. The fourth-order valence-corrected chi connectivity index (χ4v) is 2.47. The molecule has 1 fully saturated rings. The summed E-state index contributed by atoms with van der Waals surface area (Å²) in [5.41, 5.74) is 0.582. The van der Waals surface area contributed by atoms with Crippen molar-refractivity contribution in [1.29, 1.82) is 0 Å². The quantitative estimate of drug-likeness (QED) is 0.895. The standard InChI is InChI=1S/C14H20FNO2/c1-9(16-12-7-8-18-10(12)2)14-11(15)5-4-6-13(14)17-3/h4-6,9-10,12,16H,7-8H2,1-3H3. The highest BCUT2D eigenvalue weighted by Crippen LogP contribution is 2.29. The number of methoxy groups -OCH3 is 1. The third kappa shape index (κ3) is 2.65. The van der Waals surface area contributed by atoms with Gasteiger partial charge in [-0.2, -0.15) is 0 Å². The van der Waals surface area contributed by atoms with E-state index < -0.39 is 0 Å². The first-order valence-corrected chi connectivity index (χ1v) is 6.33. The highest BCUT2D eigenvalue weighted by atomic mass is 19.1. The highest BCUT2D eigenvalue weighted by molar-refractivity contribution is 5.37. The monoisotopic (exact) mass is 253 g/mol. The van der Waals surface area contributed by atoms with Gasteiger partial charge in [-0.3, -0.25) is 0 Å². The molecule has 100 valence electrons. The van der Waals surface area contributed by atoms with Crippen LogP contribution in [0.2, 0.25) is 0 Å². The Balaban J connectivity index is 2.15. The molecule has 0 bridgehead atoms. The summed E-state index contributed by atoms with van der Waals surface area (Å²) in [5.74, 6) is 0.350. The summed E-state index contributed by atoms with van der Waals surface area (Å²) in [6, 6.07) is 5.07. The molecule has 0 saturated carbocycles. The number of hydrogen-bond acceptors (Lipinski definition) is 3. The maximum Gasteiger partial charge on any atom is 0.131 e. The fraction of sp³-hybridized carbons (Fsp3) is 0.571. The molecule has 1 N–H and O–H groups in total. The van der Waals surface area contributed by atoms with Crippen molar-refractivity contribution in [2.24, 2.45) is 0 Å². The Morgan fingerprint density at radius 2 is 2.28 bits per heavy atom. The van der Waals surface area contributed by atoms with E-state index in [1.165, 1.54) is 6.07 Å². The summed E-state index contributed by atoms with van der Waals surface area (Å²) in [6.45, 7) is 4.75. The van der Waals surface area contributed by atoms with Gasteiger partial charge < -0.3 is 14.8 Å². The molecule has 0 radical (unpaired) electrons. The van der Waals surface area contributed by atoms with Gasteiger partial charge in [0.15, 0.2) is 0 Å². The zero-order valence-corrected chi connectivity index (χ0v) is 11.1. The Morgan fingerprint density at radius 1 is 1.50 bits per heavy atom. The molecule has 0 amide bonds. The largest absolute Gasteiger partial charge is 0.496 e. The van der Waals surface area contributed by atoms with Gasteiger partial charge in [-0.25, -0.2) is 4.39 Å². The van der Waals surface area contributed by atoms with Crippen molar-refractivity contribution in [1.82, 2.24) is 5.32 Å². The lowest BCUT2D eigenvalue weighted by molar-refractivity contribution is 0.111. The lowest BCUT2D eigenvalue weighted by Crippen LogP contribution is -2.36. The molecular weight excluding hydrogens is 233 g/mol. The minimum Gasteiger partial charge on any atom is -0.496 e. The second-order valence-corrected chi connectivity index (χ2v) is 4.72. The summed E-state index contributed by atoms with van der Waals surface area (Å²) in [7, 11) is 1.56. The minimum atomic E-state index is -0.235. The summed E-state index contributed by atoms with van der Waals surface area (Å²) in [6.07, 6.45) is 1.13. The summed E-state index contributed by atoms with van der Waals surface area (Å²) in [4.78, 5) is 0. The number of nitrogens with one attached hydrogen (secondary N) is 1. The fourth-order valence-electron chi connectivity index (χ4n) is 2.47. The minimum absolute atomic E-state index is 0.102. The number of ether oxygens (including phenoxy) is 2. The van der Waals surface area contributed by atoms with Gasteiger partial charge in [0.1, 0.15) is 11.6 Å². The molecule has 0 aromatic heterocycles. The van der Waals surface area contributed by atoms with Crippen molar-refractivity contribution in [2.45, 2.75) is 38.5 Å². The first-order chi connectivity index (χ1) is 8.63. The van der Waals surface area contributed by atoms with Gasteiger partial charge in [-0.05, 0) is 32.4 Å². The highest BCUT2D eigenvalue weighted by Gasteiger charge is 2.27. The van der Waals surface area contributed by atoms with Gasteiger partial charge >= 0.3 is 0 Å². The SMILES string of the molecule is COc1cccc(F)c1C(C)NC1CCOC1C.